The van der Waals surface area contributed by atoms with E-state index in [1.165, 1.54) is 0 Å². The van der Waals surface area contributed by atoms with Crippen LogP contribution in [0.4, 0.5) is 5.69 Å². The van der Waals surface area contributed by atoms with Gasteiger partial charge in [0.25, 0.3) is 5.91 Å². The van der Waals surface area contributed by atoms with Gasteiger partial charge in [-0.05, 0) is 52.3 Å². The van der Waals surface area contributed by atoms with E-state index in [4.69, 9.17) is 11.6 Å². The fraction of sp³-hybridized carbons (Fsp3) is 0.400. The molecule has 0 unspecified atom stereocenters. The molecule has 1 amide bonds. The number of carbonyl (C=O) groups is 1. The normalized spacial score (nSPS) is 10.7. The molecular weight excluding hydrogens is 350 g/mol. The number of nitrogens with zero attached hydrogens (tertiary/aromatic N) is 1. The van der Waals surface area contributed by atoms with Gasteiger partial charge in [-0.3, -0.25) is 9.59 Å². The predicted molar refractivity (Wildman–Crippen MR) is 107 cm³/mol. The Morgan fingerprint density at radius 3 is 2.46 bits per heavy atom. The predicted octanol–water partition coefficient (Wildman–Crippen LogP) is 3.81. The van der Waals surface area contributed by atoms with Gasteiger partial charge < -0.3 is 15.2 Å². The van der Waals surface area contributed by atoms with Gasteiger partial charge in [-0.2, -0.15) is 0 Å². The van der Waals surface area contributed by atoms with E-state index >= 15 is 0 Å². The highest BCUT2D eigenvalue weighted by Gasteiger charge is 2.15. The molecule has 0 atom stereocenters. The Kier molecular flexibility index (Phi) is 6.48. The second-order valence-corrected chi connectivity index (χ2v) is 6.73. The molecule has 0 saturated heterocycles. The molecule has 1 aromatic heterocycles. The zero-order chi connectivity index (χ0) is 19.4. The molecule has 2 rings (SSSR count). The third kappa shape index (κ3) is 4.10. The number of nitrogens with one attached hydrogen (secondary N) is 2. The van der Waals surface area contributed by atoms with Crippen LogP contribution in [-0.4, -0.2) is 17.0 Å². The van der Waals surface area contributed by atoms with Crippen molar-refractivity contribution < 1.29 is 4.79 Å². The summed E-state index contributed by atoms with van der Waals surface area (Å²) >= 11 is 6.15. The lowest BCUT2D eigenvalue weighted by Crippen LogP contribution is -2.29. The highest BCUT2D eigenvalue weighted by molar-refractivity contribution is 6.31. The molecule has 2 N–H and O–H groups in total. The van der Waals surface area contributed by atoms with Crippen molar-refractivity contribution >= 4 is 23.2 Å². The standard InChI is InChI=1S/C20H26ClN3O2/c1-6-22-18-10-15(21)9-16(13(18)4)20(26)23-11-17-14(5)24(7-2)12(3)8-19(17)25/h8-10,22H,6-7,11H2,1-5H3,(H,23,26). The van der Waals surface area contributed by atoms with E-state index in [2.05, 4.69) is 15.2 Å². The molecule has 5 nitrogen and oxygen atoms in total. The van der Waals surface area contributed by atoms with Gasteiger partial charge in [0.05, 0.1) is 0 Å². The van der Waals surface area contributed by atoms with Crippen LogP contribution >= 0.6 is 11.6 Å². The third-order valence-corrected chi connectivity index (χ3v) is 4.85. The Morgan fingerprint density at radius 1 is 1.15 bits per heavy atom. The van der Waals surface area contributed by atoms with E-state index in [1.807, 2.05) is 34.6 Å². The zero-order valence-corrected chi connectivity index (χ0v) is 16.8. The molecule has 0 aliphatic rings. The monoisotopic (exact) mass is 375 g/mol. The second-order valence-electron chi connectivity index (χ2n) is 6.30. The maximum Gasteiger partial charge on any atom is 0.251 e. The molecule has 6 heteroatoms. The van der Waals surface area contributed by atoms with Crippen LogP contribution in [0.2, 0.25) is 5.02 Å². The highest BCUT2D eigenvalue weighted by Crippen LogP contribution is 2.25. The molecule has 140 valence electrons. The van der Waals surface area contributed by atoms with E-state index in [-0.39, 0.29) is 17.9 Å². The average molecular weight is 376 g/mol. The van der Waals surface area contributed by atoms with Gasteiger partial charge in [-0.1, -0.05) is 11.6 Å². The molecule has 0 spiro atoms. The number of carbonyl (C=O) groups excluding carboxylic acids is 1. The number of hydrogen-bond donors (Lipinski definition) is 2. The van der Waals surface area contributed by atoms with Crippen LogP contribution in [0.3, 0.4) is 0 Å². The van der Waals surface area contributed by atoms with E-state index in [0.29, 0.717) is 16.1 Å². The van der Waals surface area contributed by atoms with Gasteiger partial charge in [0.15, 0.2) is 5.43 Å². The van der Waals surface area contributed by atoms with Crippen molar-refractivity contribution in [1.29, 1.82) is 0 Å². The van der Waals surface area contributed by atoms with Gasteiger partial charge in [-0.15, -0.1) is 0 Å². The van der Waals surface area contributed by atoms with E-state index < -0.39 is 0 Å². The van der Waals surface area contributed by atoms with Crippen molar-refractivity contribution in [2.45, 2.75) is 47.7 Å². The number of rotatable bonds is 6. The largest absolute Gasteiger partial charge is 0.385 e. The summed E-state index contributed by atoms with van der Waals surface area (Å²) in [5.41, 5.74) is 4.54. The van der Waals surface area contributed by atoms with Crippen LogP contribution in [0.15, 0.2) is 23.0 Å². The van der Waals surface area contributed by atoms with Crippen LogP contribution in [0.5, 0.6) is 0 Å². The molecule has 0 saturated carbocycles. The summed E-state index contributed by atoms with van der Waals surface area (Å²) in [7, 11) is 0. The molecule has 2 aromatic rings. The number of aromatic nitrogens is 1. The summed E-state index contributed by atoms with van der Waals surface area (Å²) in [6.45, 7) is 11.4. The van der Waals surface area contributed by atoms with Gasteiger partial charge in [0, 0.05) is 58.9 Å². The number of anilines is 1. The number of pyridine rings is 1. The number of hydrogen-bond acceptors (Lipinski definition) is 3. The summed E-state index contributed by atoms with van der Waals surface area (Å²) in [5, 5.41) is 6.57. The fourth-order valence-electron chi connectivity index (χ4n) is 3.21. The number of halogens is 1. The van der Waals surface area contributed by atoms with Crippen molar-refractivity contribution in [2.24, 2.45) is 0 Å². The summed E-state index contributed by atoms with van der Waals surface area (Å²) < 4.78 is 2.07. The summed E-state index contributed by atoms with van der Waals surface area (Å²) in [4.78, 5) is 25.0. The Balaban J connectivity index is 2.29. The van der Waals surface area contributed by atoms with Crippen molar-refractivity contribution in [3.8, 4) is 0 Å². The van der Waals surface area contributed by atoms with E-state index in [9.17, 15) is 9.59 Å². The Labute approximate surface area is 159 Å². The SMILES string of the molecule is CCNc1cc(Cl)cc(C(=O)NCc2c(C)n(CC)c(C)cc2=O)c1C. The van der Waals surface area contributed by atoms with Gasteiger partial charge in [-0.25, -0.2) is 0 Å². The number of aryl methyl sites for hydroxylation is 1. The molecule has 0 aliphatic carbocycles. The lowest BCUT2D eigenvalue weighted by atomic mass is 10.1. The minimum absolute atomic E-state index is 0.0545. The van der Waals surface area contributed by atoms with Gasteiger partial charge >= 0.3 is 0 Å². The number of amides is 1. The topological polar surface area (TPSA) is 63.1 Å². The molecule has 0 radical (unpaired) electrons. The first-order valence-electron chi connectivity index (χ1n) is 8.82. The average Bonchev–Trinajstić information content (AvgIpc) is 2.57. The zero-order valence-electron chi connectivity index (χ0n) is 16.0. The first kappa shape index (κ1) is 20.0. The second kappa shape index (κ2) is 8.41. The van der Waals surface area contributed by atoms with Crippen molar-refractivity contribution in [2.75, 3.05) is 11.9 Å². The maximum atomic E-state index is 12.7. The molecule has 1 heterocycles. The molecular formula is C20H26ClN3O2. The lowest BCUT2D eigenvalue weighted by molar-refractivity contribution is 0.0950. The summed E-state index contributed by atoms with van der Waals surface area (Å²) in [6, 6.07) is 5.08. The maximum absolute atomic E-state index is 12.7. The smallest absolute Gasteiger partial charge is 0.251 e. The fourth-order valence-corrected chi connectivity index (χ4v) is 3.43. The van der Waals surface area contributed by atoms with E-state index in [1.54, 1.807) is 18.2 Å². The minimum Gasteiger partial charge on any atom is -0.385 e. The first-order valence-corrected chi connectivity index (χ1v) is 9.20. The van der Waals surface area contributed by atoms with Crippen molar-refractivity contribution in [3.63, 3.8) is 0 Å². The van der Waals surface area contributed by atoms with Crippen LogP contribution in [-0.2, 0) is 13.1 Å². The van der Waals surface area contributed by atoms with Gasteiger partial charge in [0.2, 0.25) is 0 Å². The molecule has 0 aliphatic heterocycles. The van der Waals surface area contributed by atoms with Crippen molar-refractivity contribution in [3.05, 3.63) is 61.5 Å². The molecule has 26 heavy (non-hydrogen) atoms. The first-order chi connectivity index (χ1) is 12.3. The van der Waals surface area contributed by atoms with Gasteiger partial charge in [0.1, 0.15) is 0 Å². The summed E-state index contributed by atoms with van der Waals surface area (Å²) in [5.74, 6) is -0.244. The van der Waals surface area contributed by atoms with Crippen molar-refractivity contribution in [1.82, 2.24) is 9.88 Å². The van der Waals surface area contributed by atoms with Crippen LogP contribution < -0.4 is 16.1 Å². The Morgan fingerprint density at radius 2 is 1.85 bits per heavy atom. The van der Waals surface area contributed by atoms with Crippen LogP contribution in [0, 0.1) is 20.8 Å². The Hall–Kier alpha value is -2.27. The highest BCUT2D eigenvalue weighted by atomic mass is 35.5. The lowest BCUT2D eigenvalue weighted by Gasteiger charge is -2.17. The molecule has 0 bridgehead atoms. The van der Waals surface area contributed by atoms with Crippen LogP contribution in [0.25, 0.3) is 0 Å². The quantitative estimate of drug-likeness (QED) is 0.807. The summed E-state index contributed by atoms with van der Waals surface area (Å²) in [6.07, 6.45) is 0. The van der Waals surface area contributed by atoms with Crippen LogP contribution in [0.1, 0.15) is 46.7 Å². The number of benzene rings is 1. The molecule has 1 aromatic carbocycles. The molecule has 0 fully saturated rings. The Bertz CT molecular complexity index is 888. The third-order valence-electron chi connectivity index (χ3n) is 4.63. The van der Waals surface area contributed by atoms with E-state index in [0.717, 1.165) is 35.7 Å². The minimum atomic E-state index is -0.244.